The predicted molar refractivity (Wildman–Crippen MR) is 79.7 cm³/mol. The zero-order valence-corrected chi connectivity index (χ0v) is 13.0. The summed E-state index contributed by atoms with van der Waals surface area (Å²) in [5, 5.41) is 3.64. The van der Waals surface area contributed by atoms with E-state index in [1.54, 1.807) is 7.11 Å². The average molecular weight is 272 g/mol. The Hall–Kier alpha value is -0.160. The number of hydrogen-bond donors (Lipinski definition) is 1. The van der Waals surface area contributed by atoms with Crippen LogP contribution in [-0.2, 0) is 9.47 Å². The lowest BCUT2D eigenvalue weighted by molar-refractivity contribution is 0.0655. The van der Waals surface area contributed by atoms with E-state index in [1.165, 1.54) is 32.4 Å². The maximum atomic E-state index is 5.49. The van der Waals surface area contributed by atoms with E-state index in [1.807, 2.05) is 0 Å². The molecule has 0 amide bonds. The van der Waals surface area contributed by atoms with Crippen molar-refractivity contribution in [2.75, 3.05) is 46.6 Å². The summed E-state index contributed by atoms with van der Waals surface area (Å²) in [5.74, 6) is 0. The molecule has 2 unspecified atom stereocenters. The number of ether oxygens (including phenoxy) is 2. The van der Waals surface area contributed by atoms with Crippen LogP contribution in [0.1, 0.15) is 39.5 Å². The molecular weight excluding hydrogens is 240 g/mol. The van der Waals surface area contributed by atoms with Crippen LogP contribution in [0.3, 0.4) is 0 Å². The van der Waals surface area contributed by atoms with E-state index in [-0.39, 0.29) is 0 Å². The Kier molecular flexibility index (Phi) is 9.43. The maximum absolute atomic E-state index is 5.49. The minimum Gasteiger partial charge on any atom is -0.382 e. The second-order valence-corrected chi connectivity index (χ2v) is 5.55. The Balaban J connectivity index is 2.06. The molecule has 0 aliphatic carbocycles. The van der Waals surface area contributed by atoms with E-state index >= 15 is 0 Å². The van der Waals surface area contributed by atoms with Crippen LogP contribution in [0.4, 0.5) is 0 Å². The van der Waals surface area contributed by atoms with Crippen molar-refractivity contribution in [3.63, 3.8) is 0 Å². The average Bonchev–Trinajstić information content (AvgIpc) is 2.41. The molecule has 1 aliphatic rings. The van der Waals surface area contributed by atoms with Crippen LogP contribution in [0.15, 0.2) is 0 Å². The Morgan fingerprint density at radius 1 is 1.21 bits per heavy atom. The highest BCUT2D eigenvalue weighted by atomic mass is 16.5. The van der Waals surface area contributed by atoms with Gasteiger partial charge in [0.1, 0.15) is 0 Å². The summed E-state index contributed by atoms with van der Waals surface area (Å²) in [6, 6.07) is 1.36. The second-order valence-electron chi connectivity index (χ2n) is 5.55. The zero-order valence-electron chi connectivity index (χ0n) is 13.0. The summed E-state index contributed by atoms with van der Waals surface area (Å²) in [6.45, 7) is 10.4. The summed E-state index contributed by atoms with van der Waals surface area (Å²) in [6.07, 6.45) is 4.95. The van der Waals surface area contributed by atoms with Gasteiger partial charge in [0.25, 0.3) is 0 Å². The third-order valence-corrected chi connectivity index (χ3v) is 3.83. The molecule has 0 radical (unpaired) electrons. The van der Waals surface area contributed by atoms with Gasteiger partial charge in [-0.25, -0.2) is 0 Å². The van der Waals surface area contributed by atoms with Gasteiger partial charge in [-0.1, -0.05) is 13.3 Å². The quantitative estimate of drug-likeness (QED) is 0.616. The largest absolute Gasteiger partial charge is 0.382 e. The van der Waals surface area contributed by atoms with Gasteiger partial charge >= 0.3 is 0 Å². The molecule has 1 saturated heterocycles. The highest BCUT2D eigenvalue weighted by molar-refractivity contribution is 4.83. The topological polar surface area (TPSA) is 33.7 Å². The fourth-order valence-electron chi connectivity index (χ4n) is 2.61. The van der Waals surface area contributed by atoms with Crippen molar-refractivity contribution < 1.29 is 9.47 Å². The van der Waals surface area contributed by atoms with Crippen molar-refractivity contribution in [1.82, 2.24) is 10.2 Å². The lowest BCUT2D eigenvalue weighted by Gasteiger charge is -2.39. The van der Waals surface area contributed by atoms with Crippen molar-refractivity contribution >= 4 is 0 Å². The van der Waals surface area contributed by atoms with Gasteiger partial charge in [-0.15, -0.1) is 0 Å². The highest BCUT2D eigenvalue weighted by Crippen LogP contribution is 2.11. The highest BCUT2D eigenvalue weighted by Gasteiger charge is 2.23. The minimum absolute atomic E-state index is 0.669. The first-order valence-corrected chi connectivity index (χ1v) is 7.82. The van der Waals surface area contributed by atoms with Gasteiger partial charge in [-0.2, -0.15) is 0 Å². The monoisotopic (exact) mass is 272 g/mol. The first-order valence-electron chi connectivity index (χ1n) is 7.82. The van der Waals surface area contributed by atoms with E-state index in [0.717, 1.165) is 26.2 Å². The molecular formula is C15H32N2O2. The van der Waals surface area contributed by atoms with Gasteiger partial charge in [0, 0.05) is 38.9 Å². The van der Waals surface area contributed by atoms with Crippen LogP contribution in [0.2, 0.25) is 0 Å². The summed E-state index contributed by atoms with van der Waals surface area (Å²) in [5.41, 5.74) is 0. The Morgan fingerprint density at radius 3 is 2.79 bits per heavy atom. The molecule has 1 heterocycles. The van der Waals surface area contributed by atoms with Gasteiger partial charge in [-0.3, -0.25) is 4.90 Å². The van der Waals surface area contributed by atoms with Crippen LogP contribution < -0.4 is 5.32 Å². The third kappa shape index (κ3) is 7.25. The molecule has 0 bridgehead atoms. The molecule has 1 aliphatic heterocycles. The molecule has 4 heteroatoms. The minimum atomic E-state index is 0.669. The molecule has 1 N–H and O–H groups in total. The van der Waals surface area contributed by atoms with Gasteiger partial charge in [-0.05, 0) is 32.7 Å². The van der Waals surface area contributed by atoms with Crippen LogP contribution in [-0.4, -0.2) is 63.5 Å². The normalized spacial score (nSPS) is 24.8. The second kappa shape index (κ2) is 10.6. The van der Waals surface area contributed by atoms with Gasteiger partial charge in [0.05, 0.1) is 13.2 Å². The van der Waals surface area contributed by atoms with E-state index in [9.17, 15) is 0 Å². The Labute approximate surface area is 118 Å². The number of piperazine rings is 1. The molecule has 0 spiro atoms. The zero-order chi connectivity index (χ0) is 13.9. The molecule has 19 heavy (non-hydrogen) atoms. The third-order valence-electron chi connectivity index (χ3n) is 3.83. The summed E-state index contributed by atoms with van der Waals surface area (Å²) in [7, 11) is 1.71. The molecule has 0 saturated carbocycles. The van der Waals surface area contributed by atoms with Crippen molar-refractivity contribution in [3.8, 4) is 0 Å². The fraction of sp³-hybridized carbons (Fsp3) is 1.00. The molecule has 4 nitrogen and oxygen atoms in total. The number of unbranched alkanes of at least 4 members (excludes halogenated alkanes) is 1. The van der Waals surface area contributed by atoms with Crippen molar-refractivity contribution in [3.05, 3.63) is 0 Å². The summed E-state index contributed by atoms with van der Waals surface area (Å²) >= 11 is 0. The van der Waals surface area contributed by atoms with Crippen LogP contribution in [0, 0.1) is 0 Å². The van der Waals surface area contributed by atoms with Gasteiger partial charge in [0.2, 0.25) is 0 Å². The number of hydrogen-bond acceptors (Lipinski definition) is 4. The first kappa shape index (κ1) is 16.9. The van der Waals surface area contributed by atoms with Crippen LogP contribution >= 0.6 is 0 Å². The number of methoxy groups -OCH3 is 1. The van der Waals surface area contributed by atoms with Crippen LogP contribution in [0.5, 0.6) is 0 Å². The molecule has 1 fully saturated rings. The van der Waals surface area contributed by atoms with Gasteiger partial charge in [0.15, 0.2) is 0 Å². The van der Waals surface area contributed by atoms with Crippen molar-refractivity contribution in [2.45, 2.75) is 51.6 Å². The summed E-state index contributed by atoms with van der Waals surface area (Å²) in [4.78, 5) is 2.63. The molecule has 2 atom stereocenters. The smallest absolute Gasteiger partial charge is 0.0700 e. The Morgan fingerprint density at radius 2 is 2.05 bits per heavy atom. The van der Waals surface area contributed by atoms with Crippen molar-refractivity contribution in [1.29, 1.82) is 0 Å². The molecule has 1 rings (SSSR count). The van der Waals surface area contributed by atoms with Gasteiger partial charge < -0.3 is 14.8 Å². The van der Waals surface area contributed by atoms with E-state index in [0.29, 0.717) is 18.7 Å². The van der Waals surface area contributed by atoms with E-state index < -0.39 is 0 Å². The predicted octanol–water partition coefficient (Wildman–Crippen LogP) is 1.89. The number of nitrogens with one attached hydrogen (secondary N) is 1. The maximum Gasteiger partial charge on any atom is 0.0700 e. The fourth-order valence-corrected chi connectivity index (χ4v) is 2.61. The van der Waals surface area contributed by atoms with Crippen molar-refractivity contribution in [2.24, 2.45) is 0 Å². The summed E-state index contributed by atoms with van der Waals surface area (Å²) < 4.78 is 10.4. The number of rotatable bonds is 10. The lowest BCUT2D eigenvalue weighted by Crippen LogP contribution is -2.55. The van der Waals surface area contributed by atoms with E-state index in [4.69, 9.17) is 9.47 Å². The number of nitrogens with zero attached hydrogens (tertiary/aromatic N) is 1. The SMILES string of the molecule is CCCC1CN(CCCCOCCOC)C(C)CN1. The first-order chi connectivity index (χ1) is 9.27. The molecule has 0 aromatic rings. The van der Waals surface area contributed by atoms with E-state index in [2.05, 4.69) is 24.1 Å². The molecule has 0 aromatic heterocycles. The molecule has 114 valence electrons. The van der Waals surface area contributed by atoms with Crippen LogP contribution in [0.25, 0.3) is 0 Å². The molecule has 0 aromatic carbocycles. The Bertz CT molecular complexity index is 214. The lowest BCUT2D eigenvalue weighted by atomic mass is 10.1. The standard InChI is InChI=1S/C15H32N2O2/c1-4-7-15-13-17(14(2)12-16-15)8-5-6-9-19-11-10-18-3/h14-16H,4-13H2,1-3H3.